The van der Waals surface area contributed by atoms with Gasteiger partial charge < -0.3 is 10.4 Å². The first-order valence-electron chi connectivity index (χ1n) is 6.12. The van der Waals surface area contributed by atoms with E-state index in [4.69, 9.17) is 5.11 Å². The Labute approximate surface area is 110 Å². The van der Waals surface area contributed by atoms with Crippen LogP contribution < -0.4 is 5.32 Å². The summed E-state index contributed by atoms with van der Waals surface area (Å²) in [6, 6.07) is 7.51. The lowest BCUT2D eigenvalue weighted by Crippen LogP contribution is -2.37. The monoisotopic (exact) mass is 262 g/mol. The van der Waals surface area contributed by atoms with Gasteiger partial charge in [0.1, 0.15) is 17.0 Å². The summed E-state index contributed by atoms with van der Waals surface area (Å²) in [5.41, 5.74) is 0.316. The molecule has 1 atom stereocenters. The number of carbonyl (C=O) groups excluding carboxylic acids is 1. The van der Waals surface area contributed by atoms with E-state index in [-0.39, 0.29) is 23.9 Å². The minimum atomic E-state index is -0.457. The second-order valence-electron chi connectivity index (χ2n) is 4.27. The number of fused-ring (bicyclic) bond motifs is 1. The lowest BCUT2D eigenvalue weighted by molar-refractivity contribution is 0.0910. The number of aliphatic hydroxyl groups excluding tert-OH is 1. The van der Waals surface area contributed by atoms with E-state index >= 15 is 0 Å². The molecule has 5 heteroatoms. The van der Waals surface area contributed by atoms with E-state index in [1.54, 1.807) is 24.3 Å². The molecular formula is C14H15FN2O2. The Balaban J connectivity index is 2.30. The summed E-state index contributed by atoms with van der Waals surface area (Å²) in [4.78, 5) is 15.9. The quantitative estimate of drug-likeness (QED) is 0.884. The van der Waals surface area contributed by atoms with Gasteiger partial charge in [-0.15, -0.1) is 0 Å². The van der Waals surface area contributed by atoms with Crippen LogP contribution in [0.2, 0.25) is 0 Å². The van der Waals surface area contributed by atoms with Crippen molar-refractivity contribution in [3.63, 3.8) is 0 Å². The first kappa shape index (κ1) is 13.4. The number of hydrogen-bond donors (Lipinski definition) is 2. The Bertz CT molecular complexity index is 597. The van der Waals surface area contributed by atoms with E-state index in [9.17, 15) is 9.18 Å². The maximum absolute atomic E-state index is 13.6. The van der Waals surface area contributed by atoms with Gasteiger partial charge in [0, 0.05) is 5.39 Å². The van der Waals surface area contributed by atoms with E-state index in [1.165, 1.54) is 6.07 Å². The number of halogens is 1. The second-order valence-corrected chi connectivity index (χ2v) is 4.27. The number of hydrogen-bond acceptors (Lipinski definition) is 3. The number of carbonyl (C=O) groups is 1. The molecule has 100 valence electrons. The van der Waals surface area contributed by atoms with Gasteiger partial charge in [0.15, 0.2) is 0 Å². The highest BCUT2D eigenvalue weighted by molar-refractivity contribution is 5.95. The lowest BCUT2D eigenvalue weighted by Gasteiger charge is -2.13. The van der Waals surface area contributed by atoms with Crippen LogP contribution >= 0.6 is 0 Å². The molecule has 4 nitrogen and oxygen atoms in total. The summed E-state index contributed by atoms with van der Waals surface area (Å²) in [5, 5.41) is 12.3. The van der Waals surface area contributed by atoms with Gasteiger partial charge >= 0.3 is 0 Å². The van der Waals surface area contributed by atoms with Crippen molar-refractivity contribution in [2.24, 2.45) is 0 Å². The van der Waals surface area contributed by atoms with Crippen molar-refractivity contribution in [2.75, 3.05) is 6.61 Å². The van der Waals surface area contributed by atoms with Crippen LogP contribution in [0.25, 0.3) is 10.9 Å². The van der Waals surface area contributed by atoms with Gasteiger partial charge in [0.2, 0.25) is 0 Å². The zero-order valence-electron chi connectivity index (χ0n) is 10.6. The van der Waals surface area contributed by atoms with Crippen LogP contribution in [0.3, 0.4) is 0 Å². The van der Waals surface area contributed by atoms with Crippen LogP contribution in [0.1, 0.15) is 23.8 Å². The molecule has 0 unspecified atom stereocenters. The van der Waals surface area contributed by atoms with Crippen molar-refractivity contribution in [3.05, 3.63) is 41.8 Å². The first-order valence-corrected chi connectivity index (χ1v) is 6.12. The fourth-order valence-electron chi connectivity index (χ4n) is 1.77. The number of rotatable bonds is 4. The zero-order chi connectivity index (χ0) is 13.8. The number of nitrogens with one attached hydrogen (secondary N) is 1. The molecule has 0 aliphatic rings. The average molecular weight is 262 g/mol. The van der Waals surface area contributed by atoms with Crippen LogP contribution in [0.5, 0.6) is 0 Å². The Hall–Kier alpha value is -2.01. The minimum absolute atomic E-state index is 0.135. The number of nitrogens with zero attached hydrogens (tertiary/aromatic N) is 1. The third-order valence-electron chi connectivity index (χ3n) is 2.95. The van der Waals surface area contributed by atoms with Crippen molar-refractivity contribution in [3.8, 4) is 0 Å². The highest BCUT2D eigenvalue weighted by atomic mass is 19.1. The molecule has 2 rings (SSSR count). The summed E-state index contributed by atoms with van der Waals surface area (Å²) in [7, 11) is 0. The lowest BCUT2D eigenvalue weighted by atomic mass is 10.2. The maximum atomic E-state index is 13.6. The van der Waals surface area contributed by atoms with Crippen molar-refractivity contribution >= 4 is 16.8 Å². The van der Waals surface area contributed by atoms with Gasteiger partial charge in [-0.1, -0.05) is 25.1 Å². The fraction of sp³-hybridized carbons (Fsp3) is 0.286. The van der Waals surface area contributed by atoms with Crippen molar-refractivity contribution in [2.45, 2.75) is 19.4 Å². The van der Waals surface area contributed by atoms with E-state index in [0.29, 0.717) is 11.8 Å². The molecule has 0 saturated carbocycles. The number of pyridine rings is 1. The fourth-order valence-corrected chi connectivity index (χ4v) is 1.77. The SMILES string of the molecule is CC[C@H](CO)NC(=O)c1ccc2cccc(F)c2n1. The Kier molecular flexibility index (Phi) is 4.06. The molecular weight excluding hydrogens is 247 g/mol. The van der Waals surface area contributed by atoms with E-state index in [2.05, 4.69) is 10.3 Å². The van der Waals surface area contributed by atoms with Crippen LogP contribution in [0, 0.1) is 5.82 Å². The summed E-state index contributed by atoms with van der Waals surface area (Å²) in [6.45, 7) is 1.72. The van der Waals surface area contributed by atoms with E-state index in [1.807, 2.05) is 6.92 Å². The number of aromatic nitrogens is 1. The molecule has 19 heavy (non-hydrogen) atoms. The van der Waals surface area contributed by atoms with Crippen LogP contribution in [0.15, 0.2) is 30.3 Å². The van der Waals surface area contributed by atoms with Crippen LogP contribution in [0.4, 0.5) is 4.39 Å². The largest absolute Gasteiger partial charge is 0.394 e. The molecule has 1 aromatic heterocycles. The molecule has 1 amide bonds. The predicted octanol–water partition coefficient (Wildman–Crippen LogP) is 1.87. The molecule has 0 aliphatic heterocycles. The number of aliphatic hydroxyl groups is 1. The Morgan fingerprint density at radius 2 is 2.21 bits per heavy atom. The summed E-state index contributed by atoms with van der Waals surface area (Å²) in [5.74, 6) is -0.868. The molecule has 1 heterocycles. The van der Waals surface area contributed by atoms with Gasteiger partial charge in [-0.3, -0.25) is 4.79 Å². The smallest absolute Gasteiger partial charge is 0.270 e. The molecule has 2 aromatic rings. The molecule has 0 radical (unpaired) electrons. The van der Waals surface area contributed by atoms with Gasteiger partial charge in [-0.25, -0.2) is 9.37 Å². The van der Waals surface area contributed by atoms with Crippen LogP contribution in [-0.2, 0) is 0 Å². The highest BCUT2D eigenvalue weighted by Crippen LogP contribution is 2.15. The third-order valence-corrected chi connectivity index (χ3v) is 2.95. The topological polar surface area (TPSA) is 62.2 Å². The molecule has 1 aromatic carbocycles. The van der Waals surface area contributed by atoms with Crippen molar-refractivity contribution < 1.29 is 14.3 Å². The molecule has 2 N–H and O–H groups in total. The predicted molar refractivity (Wildman–Crippen MR) is 70.3 cm³/mol. The minimum Gasteiger partial charge on any atom is -0.394 e. The third kappa shape index (κ3) is 2.88. The van der Waals surface area contributed by atoms with Gasteiger partial charge in [0.05, 0.1) is 12.6 Å². The zero-order valence-corrected chi connectivity index (χ0v) is 10.6. The Morgan fingerprint density at radius 1 is 1.42 bits per heavy atom. The van der Waals surface area contributed by atoms with Gasteiger partial charge in [-0.05, 0) is 18.6 Å². The number of amides is 1. The highest BCUT2D eigenvalue weighted by Gasteiger charge is 2.13. The number of benzene rings is 1. The molecule has 0 spiro atoms. The first-order chi connectivity index (χ1) is 9.15. The molecule has 0 bridgehead atoms. The second kappa shape index (κ2) is 5.75. The summed E-state index contributed by atoms with van der Waals surface area (Å²) in [6.07, 6.45) is 0.615. The average Bonchev–Trinajstić information content (AvgIpc) is 2.44. The number of para-hydroxylation sites is 1. The van der Waals surface area contributed by atoms with E-state index < -0.39 is 11.7 Å². The summed E-state index contributed by atoms with van der Waals surface area (Å²) < 4.78 is 13.6. The molecule has 0 aliphatic carbocycles. The summed E-state index contributed by atoms with van der Waals surface area (Å²) >= 11 is 0. The van der Waals surface area contributed by atoms with Crippen molar-refractivity contribution in [1.82, 2.24) is 10.3 Å². The molecule has 0 fully saturated rings. The standard InChI is InChI=1S/C14H15FN2O2/c1-2-10(8-18)16-14(19)12-7-6-9-4-3-5-11(15)13(9)17-12/h3-7,10,18H,2,8H2,1H3,(H,16,19)/t10-/m1/s1. The van der Waals surface area contributed by atoms with Crippen molar-refractivity contribution in [1.29, 1.82) is 0 Å². The van der Waals surface area contributed by atoms with Crippen LogP contribution in [-0.4, -0.2) is 28.6 Å². The van der Waals surface area contributed by atoms with E-state index in [0.717, 1.165) is 0 Å². The normalized spacial score (nSPS) is 12.4. The van der Waals surface area contributed by atoms with Gasteiger partial charge in [-0.2, -0.15) is 0 Å². The Morgan fingerprint density at radius 3 is 2.89 bits per heavy atom. The van der Waals surface area contributed by atoms with Gasteiger partial charge in [0.25, 0.3) is 5.91 Å². The molecule has 0 saturated heterocycles. The maximum Gasteiger partial charge on any atom is 0.270 e.